The molecule has 0 unspecified atom stereocenters. The lowest BCUT2D eigenvalue weighted by Gasteiger charge is -2.36. The van der Waals surface area contributed by atoms with E-state index in [9.17, 15) is 0 Å². The maximum Gasteiger partial charge on any atom is 0.139 e. The second kappa shape index (κ2) is 10.7. The van der Waals surface area contributed by atoms with Crippen LogP contribution in [0.2, 0.25) is 0 Å². The van der Waals surface area contributed by atoms with E-state index >= 15 is 0 Å². The minimum absolute atomic E-state index is 0.252. The molecule has 2 aliphatic rings. The van der Waals surface area contributed by atoms with Crippen LogP contribution in [0.15, 0.2) is 109 Å². The SMILES string of the molecule is [2H]C([2H])([2H])c1ccc(-c2ccc(C([2H])([2H])[2H])c(-c3cccc4c3Oc3ccccc3C4(C([2H])([2H])[2H])C([2H])([2H])[2H])c2C([2H])([2H])[2H])c(C([2H])([2H])[2H])c1-c1cccc2c1Oc1ccccc1C2(C([2H])([2H])[2H])C([2H])([2H])[2H]. The number of ether oxygens (including phenoxy) is 2. The van der Waals surface area contributed by atoms with E-state index in [1.165, 1.54) is 84.9 Å². The predicted molar refractivity (Wildman–Crippen MR) is 199 cm³/mol. The number of rotatable bonds is 3. The summed E-state index contributed by atoms with van der Waals surface area (Å²) in [6.07, 6.45) is 0. The Hall–Kier alpha value is -5.08. The molecule has 48 heavy (non-hydrogen) atoms. The first kappa shape index (κ1) is 13.8. The minimum atomic E-state index is -3.43. The molecule has 0 atom stereocenters. The van der Waals surface area contributed by atoms with Gasteiger partial charge in [-0.25, -0.2) is 0 Å². The van der Waals surface area contributed by atoms with Crippen LogP contribution in [0, 0.1) is 27.4 Å². The summed E-state index contributed by atoms with van der Waals surface area (Å²) in [6.45, 7) is -26.7. The maximum atomic E-state index is 9.10. The molecule has 0 amide bonds. The molecule has 6 aromatic rings. The van der Waals surface area contributed by atoms with Crippen LogP contribution in [-0.2, 0) is 10.8 Å². The first-order valence-electron chi connectivity index (χ1n) is 27.0. The Morgan fingerprint density at radius 1 is 0.417 bits per heavy atom. The fraction of sp³-hybridized carbons (Fsp3) is 0.217. The highest BCUT2D eigenvalue weighted by Gasteiger charge is 2.37. The standard InChI is InChI=1S/C46H42O2/c1-27-23-25-31(29(3)41(27)33-15-13-19-37-43(33)47-39-21-11-9-17-35(39)45(37,5)6)32-26-24-28(2)42(30(32)4)34-16-14-20-38-44(34)48-40-22-12-10-18-36(40)46(38,7)8/h9-26H,1-8H3/i1D3,2D3,3D3,4D3,5D3,6D3,7D3,8D3. The van der Waals surface area contributed by atoms with Crippen molar-refractivity contribution in [2.24, 2.45) is 0 Å². The molecule has 2 heterocycles. The average molecular weight is 651 g/mol. The Morgan fingerprint density at radius 2 is 0.854 bits per heavy atom. The summed E-state index contributed by atoms with van der Waals surface area (Å²) in [6, 6.07) is 22.1. The van der Waals surface area contributed by atoms with Crippen molar-refractivity contribution in [3.63, 3.8) is 0 Å². The van der Waals surface area contributed by atoms with Gasteiger partial charge in [0.1, 0.15) is 23.0 Å². The quantitative estimate of drug-likeness (QED) is 0.190. The highest BCUT2D eigenvalue weighted by atomic mass is 16.5. The molecule has 0 radical (unpaired) electrons. The van der Waals surface area contributed by atoms with Gasteiger partial charge in [-0.2, -0.15) is 0 Å². The number of benzene rings is 6. The maximum absolute atomic E-state index is 9.10. The van der Waals surface area contributed by atoms with E-state index in [1.54, 1.807) is 0 Å². The zero-order chi connectivity index (χ0) is 53.5. The Morgan fingerprint density at radius 3 is 1.27 bits per heavy atom. The van der Waals surface area contributed by atoms with Crippen molar-refractivity contribution in [2.45, 2.75) is 65.6 Å². The van der Waals surface area contributed by atoms with Gasteiger partial charge in [-0.05, 0) is 84.0 Å². The second-order valence-corrected chi connectivity index (χ2v) is 11.9. The number of para-hydroxylation sites is 4. The second-order valence-electron chi connectivity index (χ2n) is 11.9. The van der Waals surface area contributed by atoms with Gasteiger partial charge in [0.15, 0.2) is 0 Å². The van der Waals surface area contributed by atoms with E-state index in [1.807, 2.05) is 0 Å². The first-order valence-corrected chi connectivity index (χ1v) is 15.0. The van der Waals surface area contributed by atoms with Crippen molar-refractivity contribution in [1.82, 2.24) is 0 Å². The van der Waals surface area contributed by atoms with Crippen LogP contribution in [0.25, 0.3) is 33.4 Å². The molecule has 6 aromatic carbocycles. The molecule has 8 rings (SSSR count). The van der Waals surface area contributed by atoms with Crippen LogP contribution in [0.5, 0.6) is 23.0 Å². The van der Waals surface area contributed by atoms with E-state index in [-0.39, 0.29) is 22.6 Å². The van der Waals surface area contributed by atoms with Gasteiger partial charge in [-0.15, -0.1) is 0 Å². The van der Waals surface area contributed by atoms with Gasteiger partial charge in [-0.1, -0.05) is 124 Å². The fourth-order valence-corrected chi connectivity index (χ4v) is 6.73. The molecule has 2 aliphatic heterocycles. The van der Waals surface area contributed by atoms with Crippen LogP contribution < -0.4 is 9.47 Å². The third-order valence-electron chi connectivity index (χ3n) is 9.08. The van der Waals surface area contributed by atoms with Crippen molar-refractivity contribution >= 4 is 0 Å². The number of hydrogen-bond acceptors (Lipinski definition) is 2. The molecule has 0 fully saturated rings. The molecule has 2 heteroatoms. The summed E-state index contributed by atoms with van der Waals surface area (Å²) in [5.74, 6) is -1.55. The number of fused-ring (bicyclic) bond motifs is 4. The van der Waals surface area contributed by atoms with Crippen LogP contribution in [0.4, 0.5) is 0 Å². The summed E-state index contributed by atoms with van der Waals surface area (Å²) in [5.41, 5.74) is -13.2. The molecule has 0 saturated carbocycles. The van der Waals surface area contributed by atoms with Crippen LogP contribution in [-0.4, -0.2) is 0 Å². The summed E-state index contributed by atoms with van der Waals surface area (Å²) in [5, 5.41) is 0. The molecular weight excluding hydrogens is 585 g/mol. The van der Waals surface area contributed by atoms with Crippen LogP contribution in [0.1, 0.15) is 105 Å². The van der Waals surface area contributed by atoms with Crippen molar-refractivity contribution in [3.05, 3.63) is 154 Å². The van der Waals surface area contributed by atoms with Crippen molar-refractivity contribution in [1.29, 1.82) is 0 Å². The normalized spacial score (nSPS) is 24.4. The Bertz CT molecular complexity index is 2900. The molecule has 0 spiro atoms. The Kier molecular flexibility index (Phi) is 3.08. The van der Waals surface area contributed by atoms with Gasteiger partial charge < -0.3 is 9.47 Å². The third kappa shape index (κ3) is 4.32. The van der Waals surface area contributed by atoms with E-state index in [0.717, 1.165) is 24.3 Å². The Labute approximate surface area is 318 Å². The molecule has 2 nitrogen and oxygen atoms in total. The topological polar surface area (TPSA) is 18.5 Å². The van der Waals surface area contributed by atoms with Gasteiger partial charge in [0.05, 0.1) is 0 Å². The average Bonchev–Trinajstić information content (AvgIpc) is 3.22. The summed E-state index contributed by atoms with van der Waals surface area (Å²) in [7, 11) is 0. The van der Waals surface area contributed by atoms with Crippen LogP contribution >= 0.6 is 0 Å². The largest absolute Gasteiger partial charge is 0.456 e. The van der Waals surface area contributed by atoms with Gasteiger partial charge >= 0.3 is 0 Å². The zero-order valence-electron chi connectivity index (χ0n) is 49.2. The summed E-state index contributed by atoms with van der Waals surface area (Å²) >= 11 is 0. The Balaban J connectivity index is 1.55. The van der Waals surface area contributed by atoms with Gasteiger partial charge in [0.2, 0.25) is 0 Å². The van der Waals surface area contributed by atoms with E-state index in [2.05, 4.69) is 0 Å². The van der Waals surface area contributed by atoms with E-state index in [0.29, 0.717) is 0 Å². The van der Waals surface area contributed by atoms with Crippen molar-refractivity contribution in [3.8, 4) is 56.4 Å². The van der Waals surface area contributed by atoms with Crippen molar-refractivity contribution in [2.75, 3.05) is 0 Å². The fourth-order valence-electron chi connectivity index (χ4n) is 6.73. The summed E-state index contributed by atoms with van der Waals surface area (Å²) < 4.78 is 225. The zero-order valence-corrected chi connectivity index (χ0v) is 25.2. The lowest BCUT2D eigenvalue weighted by atomic mass is 9.74. The molecule has 0 bridgehead atoms. The molecule has 238 valence electrons. The molecule has 0 N–H and O–H groups in total. The minimum Gasteiger partial charge on any atom is -0.456 e. The molecule has 0 aliphatic carbocycles. The molecule has 0 aromatic heterocycles. The monoisotopic (exact) mass is 650 g/mol. The number of hydrogen-bond donors (Lipinski definition) is 0. The molecule has 0 saturated heterocycles. The van der Waals surface area contributed by atoms with E-state index in [4.69, 9.17) is 42.4 Å². The van der Waals surface area contributed by atoms with Gasteiger partial charge in [0.25, 0.3) is 0 Å². The lowest BCUT2D eigenvalue weighted by molar-refractivity contribution is 0.419. The smallest absolute Gasteiger partial charge is 0.139 e. The van der Waals surface area contributed by atoms with Gasteiger partial charge in [-0.3, -0.25) is 0 Å². The first-order chi connectivity index (χ1) is 32.8. The third-order valence-corrected chi connectivity index (χ3v) is 9.08. The highest BCUT2D eigenvalue weighted by molar-refractivity contribution is 5.89. The highest BCUT2D eigenvalue weighted by Crippen LogP contribution is 2.54. The van der Waals surface area contributed by atoms with E-state index < -0.39 is 144 Å². The molecular formula is C46H42O2. The van der Waals surface area contributed by atoms with Crippen LogP contribution in [0.3, 0.4) is 0 Å². The van der Waals surface area contributed by atoms with Crippen molar-refractivity contribution < 1.29 is 42.4 Å². The lowest BCUT2D eigenvalue weighted by Crippen LogP contribution is -2.24. The number of aryl methyl sites for hydroxylation is 2. The van der Waals surface area contributed by atoms with Gasteiger partial charge in [0, 0.05) is 77.1 Å². The predicted octanol–water partition coefficient (Wildman–Crippen LogP) is 12.8. The summed E-state index contributed by atoms with van der Waals surface area (Å²) in [4.78, 5) is 0.